The first-order valence-corrected chi connectivity index (χ1v) is 9.92. The molecule has 0 aromatic heterocycles. The predicted octanol–water partition coefficient (Wildman–Crippen LogP) is 1.89. The van der Waals surface area contributed by atoms with Gasteiger partial charge in [-0.05, 0) is 53.2 Å². The average Bonchev–Trinajstić information content (AvgIpc) is 3.09. The molecule has 1 amide bonds. The van der Waals surface area contributed by atoms with Crippen LogP contribution in [0, 0.1) is 18.7 Å². The first-order chi connectivity index (χ1) is 14.3. The Morgan fingerprint density at radius 1 is 1.23 bits per heavy atom. The number of hydrogen-bond acceptors (Lipinski definition) is 5. The highest BCUT2D eigenvalue weighted by Gasteiger charge is 2.32. The summed E-state index contributed by atoms with van der Waals surface area (Å²) < 4.78 is 23.5. The summed E-state index contributed by atoms with van der Waals surface area (Å²) in [6.07, 6.45) is 0.451. The van der Waals surface area contributed by atoms with Gasteiger partial charge in [-0.2, -0.15) is 0 Å². The molecule has 2 N–H and O–H groups in total. The summed E-state index contributed by atoms with van der Waals surface area (Å²) in [7, 11) is -1.05. The van der Waals surface area contributed by atoms with Gasteiger partial charge in [-0.3, -0.25) is 4.79 Å². The molecule has 0 bridgehead atoms. The quantitative estimate of drug-likeness (QED) is 0.535. The molecule has 1 unspecified atom stereocenters. The van der Waals surface area contributed by atoms with Gasteiger partial charge in [-0.15, -0.1) is 0 Å². The van der Waals surface area contributed by atoms with Crippen LogP contribution in [0.2, 0.25) is 0 Å². The monoisotopic (exact) mass is 413 g/mol. The molecule has 1 atom stereocenters. The summed E-state index contributed by atoms with van der Waals surface area (Å²) in [6.45, 7) is 5.81. The molecule has 30 heavy (non-hydrogen) atoms. The number of halogens is 1. The van der Waals surface area contributed by atoms with Crippen molar-refractivity contribution in [1.29, 1.82) is 0 Å². The van der Waals surface area contributed by atoms with Crippen molar-refractivity contribution in [3.05, 3.63) is 64.5 Å². The Morgan fingerprint density at radius 3 is 2.60 bits per heavy atom. The van der Waals surface area contributed by atoms with Gasteiger partial charge >= 0.3 is 13.1 Å². The fourth-order valence-corrected chi connectivity index (χ4v) is 3.48. The van der Waals surface area contributed by atoms with Gasteiger partial charge in [0.2, 0.25) is 0 Å². The minimum atomic E-state index is -1.05. The molecule has 0 saturated carbocycles. The summed E-state index contributed by atoms with van der Waals surface area (Å²) in [6, 6.07) is 8.59. The molecule has 2 aromatic carbocycles. The second-order valence-corrected chi connectivity index (χ2v) is 7.71. The lowest BCUT2D eigenvalue weighted by Crippen LogP contribution is -2.46. The van der Waals surface area contributed by atoms with Crippen molar-refractivity contribution in [2.45, 2.75) is 39.8 Å². The van der Waals surface area contributed by atoms with E-state index in [4.69, 9.17) is 9.39 Å². The number of carbonyl (C=O) groups is 2. The van der Waals surface area contributed by atoms with Gasteiger partial charge in [-0.1, -0.05) is 32.0 Å². The van der Waals surface area contributed by atoms with Gasteiger partial charge in [-0.25, -0.2) is 9.18 Å². The van der Waals surface area contributed by atoms with E-state index in [2.05, 4.69) is 5.32 Å². The van der Waals surface area contributed by atoms with Crippen LogP contribution in [0.5, 0.6) is 0 Å². The Labute approximate surface area is 175 Å². The number of ether oxygens (including phenoxy) is 1. The summed E-state index contributed by atoms with van der Waals surface area (Å²) in [4.78, 5) is 25.4. The van der Waals surface area contributed by atoms with E-state index in [0.717, 1.165) is 11.1 Å². The summed E-state index contributed by atoms with van der Waals surface area (Å²) >= 11 is 0. The van der Waals surface area contributed by atoms with Gasteiger partial charge in [0.25, 0.3) is 5.91 Å². The lowest BCUT2D eigenvalue weighted by atomic mass is 9.75. The fraction of sp³-hybridized carbons (Fsp3) is 0.364. The fourth-order valence-electron chi connectivity index (χ4n) is 3.48. The lowest BCUT2D eigenvalue weighted by molar-refractivity contribution is -0.147. The Bertz CT molecular complexity index is 932. The summed E-state index contributed by atoms with van der Waals surface area (Å²) in [5.41, 5.74) is 3.30. The molecule has 3 rings (SSSR count). The van der Waals surface area contributed by atoms with E-state index < -0.39 is 25.0 Å². The van der Waals surface area contributed by atoms with Crippen LogP contribution < -0.4 is 10.8 Å². The largest absolute Gasteiger partial charge is 0.492 e. The number of carbonyl (C=O) groups excluding carboxylic acids is 2. The molecular weight excluding hydrogens is 388 g/mol. The normalized spacial score (nSPS) is 13.9. The molecule has 8 heteroatoms. The number of rotatable bonds is 7. The van der Waals surface area contributed by atoms with Gasteiger partial charge in [0, 0.05) is 12.0 Å². The number of esters is 1. The van der Waals surface area contributed by atoms with E-state index in [1.807, 2.05) is 13.8 Å². The van der Waals surface area contributed by atoms with Crippen molar-refractivity contribution >= 4 is 24.5 Å². The van der Waals surface area contributed by atoms with Crippen LogP contribution in [-0.4, -0.2) is 36.7 Å². The first-order valence-electron chi connectivity index (χ1n) is 9.92. The Morgan fingerprint density at radius 2 is 1.93 bits per heavy atom. The molecule has 6 nitrogen and oxygen atoms in total. The van der Waals surface area contributed by atoms with E-state index in [-0.39, 0.29) is 18.3 Å². The van der Waals surface area contributed by atoms with Crippen molar-refractivity contribution < 1.29 is 28.4 Å². The van der Waals surface area contributed by atoms with Gasteiger partial charge < -0.3 is 19.7 Å². The summed E-state index contributed by atoms with van der Waals surface area (Å²) in [5, 5.41) is 12.7. The molecule has 2 aromatic rings. The third-order valence-electron chi connectivity index (χ3n) is 5.25. The van der Waals surface area contributed by atoms with E-state index in [1.165, 1.54) is 12.1 Å². The zero-order valence-corrected chi connectivity index (χ0v) is 17.3. The van der Waals surface area contributed by atoms with Gasteiger partial charge in [0.05, 0.1) is 13.2 Å². The molecular formula is C22H25BFNO5. The number of amides is 1. The minimum Gasteiger partial charge on any atom is -0.464 e. The standard InChI is InChI=1S/C22H25BFNO5/c1-13(2)20(22(27)29-11-10-15-4-7-17(24)8-5-15)25-21(26)18-9-6-16-12-30-23(28)19(16)14(18)3/h4-9,13,20,28H,10-12H2,1-3H3,(H,25,26). The Hall–Kier alpha value is -2.71. The molecule has 1 aliphatic heterocycles. The molecule has 1 aliphatic rings. The lowest BCUT2D eigenvalue weighted by Gasteiger charge is -2.22. The number of hydrogen-bond donors (Lipinski definition) is 2. The zero-order chi connectivity index (χ0) is 21.8. The second-order valence-electron chi connectivity index (χ2n) is 7.71. The number of nitrogens with one attached hydrogen (secondary N) is 1. The van der Waals surface area contributed by atoms with Crippen LogP contribution in [0.4, 0.5) is 4.39 Å². The predicted molar refractivity (Wildman–Crippen MR) is 111 cm³/mol. The highest BCUT2D eigenvalue weighted by Crippen LogP contribution is 2.17. The van der Waals surface area contributed by atoms with Gasteiger partial charge in [0.15, 0.2) is 0 Å². The van der Waals surface area contributed by atoms with Crippen molar-refractivity contribution in [3.63, 3.8) is 0 Å². The van der Waals surface area contributed by atoms with Crippen LogP contribution in [0.1, 0.15) is 40.9 Å². The van der Waals surface area contributed by atoms with Crippen molar-refractivity contribution in [2.24, 2.45) is 5.92 Å². The van der Waals surface area contributed by atoms with Crippen molar-refractivity contribution in [1.82, 2.24) is 5.32 Å². The van der Waals surface area contributed by atoms with E-state index in [9.17, 15) is 19.0 Å². The number of fused-ring (bicyclic) bond motifs is 1. The van der Waals surface area contributed by atoms with E-state index in [0.29, 0.717) is 29.6 Å². The maximum Gasteiger partial charge on any atom is 0.492 e. The SMILES string of the molecule is Cc1c(C(=O)NC(C(=O)OCCc2ccc(F)cc2)C(C)C)ccc2c1B(O)OC2. The molecule has 1 heterocycles. The summed E-state index contributed by atoms with van der Waals surface area (Å²) in [5.74, 6) is -1.44. The zero-order valence-electron chi connectivity index (χ0n) is 17.3. The first kappa shape index (κ1) is 22.0. The van der Waals surface area contributed by atoms with Crippen LogP contribution in [-0.2, 0) is 27.2 Å². The second kappa shape index (κ2) is 9.41. The van der Waals surface area contributed by atoms with E-state index in [1.54, 1.807) is 31.2 Å². The van der Waals surface area contributed by atoms with Crippen molar-refractivity contribution in [2.75, 3.05) is 6.61 Å². The topological polar surface area (TPSA) is 84.9 Å². The molecule has 0 radical (unpaired) electrons. The highest BCUT2D eigenvalue weighted by molar-refractivity contribution is 6.62. The van der Waals surface area contributed by atoms with E-state index >= 15 is 0 Å². The molecule has 0 spiro atoms. The van der Waals surface area contributed by atoms with Crippen LogP contribution in [0.15, 0.2) is 36.4 Å². The Balaban J connectivity index is 1.63. The molecule has 0 fully saturated rings. The molecule has 0 saturated heterocycles. The maximum atomic E-state index is 13.0. The smallest absolute Gasteiger partial charge is 0.464 e. The van der Waals surface area contributed by atoms with Gasteiger partial charge in [0.1, 0.15) is 11.9 Å². The average molecular weight is 413 g/mol. The van der Waals surface area contributed by atoms with Crippen LogP contribution in [0.3, 0.4) is 0 Å². The number of benzene rings is 2. The third-order valence-corrected chi connectivity index (χ3v) is 5.25. The minimum absolute atomic E-state index is 0.130. The van der Waals surface area contributed by atoms with Crippen molar-refractivity contribution in [3.8, 4) is 0 Å². The molecule has 0 aliphatic carbocycles. The van der Waals surface area contributed by atoms with Crippen LogP contribution in [0.25, 0.3) is 0 Å². The third kappa shape index (κ3) is 4.88. The maximum absolute atomic E-state index is 13.0. The van der Waals surface area contributed by atoms with Crippen LogP contribution >= 0.6 is 0 Å². The highest BCUT2D eigenvalue weighted by atomic mass is 19.1. The molecule has 158 valence electrons. The Kier molecular flexibility index (Phi) is 6.89.